The van der Waals surface area contributed by atoms with Gasteiger partial charge in [0.15, 0.2) is 6.10 Å². The Morgan fingerprint density at radius 2 is 1.84 bits per heavy atom. The molecular formula is C18H18ClF2NO3. The standard InChI is InChI=1S/C18H18ClF2NO3/c1-12(24-16-4-2-3-14(19)11-16)17(23)22-10-9-13-5-7-15(8-6-13)25-18(20)21/h2-8,11-12,18H,9-10H2,1H3,(H,22,23). The lowest BCUT2D eigenvalue weighted by molar-refractivity contribution is -0.127. The van der Waals surface area contributed by atoms with Crippen LogP contribution < -0.4 is 14.8 Å². The van der Waals surface area contributed by atoms with Crippen LogP contribution in [0.2, 0.25) is 5.02 Å². The lowest BCUT2D eigenvalue weighted by Crippen LogP contribution is -2.37. The van der Waals surface area contributed by atoms with Crippen molar-refractivity contribution < 1.29 is 23.0 Å². The fourth-order valence-electron chi connectivity index (χ4n) is 2.11. The highest BCUT2D eigenvalue weighted by atomic mass is 35.5. The quantitative estimate of drug-likeness (QED) is 0.763. The van der Waals surface area contributed by atoms with Crippen LogP contribution in [0.5, 0.6) is 11.5 Å². The van der Waals surface area contributed by atoms with Gasteiger partial charge in [-0.05, 0) is 49.2 Å². The molecule has 4 nitrogen and oxygen atoms in total. The predicted octanol–water partition coefficient (Wildman–Crippen LogP) is 4.07. The van der Waals surface area contributed by atoms with Crippen molar-refractivity contribution in [3.8, 4) is 11.5 Å². The number of alkyl halides is 2. The maximum Gasteiger partial charge on any atom is 0.387 e. The number of rotatable bonds is 8. The van der Waals surface area contributed by atoms with E-state index in [-0.39, 0.29) is 11.7 Å². The van der Waals surface area contributed by atoms with Crippen molar-refractivity contribution in [1.29, 1.82) is 0 Å². The van der Waals surface area contributed by atoms with Crippen molar-refractivity contribution in [3.05, 3.63) is 59.1 Å². The molecule has 0 aliphatic carbocycles. The van der Waals surface area contributed by atoms with Gasteiger partial charge >= 0.3 is 6.61 Å². The van der Waals surface area contributed by atoms with Gasteiger partial charge in [0.1, 0.15) is 11.5 Å². The van der Waals surface area contributed by atoms with E-state index in [0.717, 1.165) is 5.56 Å². The van der Waals surface area contributed by atoms with Crippen molar-refractivity contribution in [1.82, 2.24) is 5.32 Å². The van der Waals surface area contributed by atoms with Crippen LogP contribution in [-0.4, -0.2) is 25.2 Å². The van der Waals surface area contributed by atoms with E-state index < -0.39 is 12.7 Å². The van der Waals surface area contributed by atoms with Crippen LogP contribution in [0.25, 0.3) is 0 Å². The molecule has 1 N–H and O–H groups in total. The third-order valence-electron chi connectivity index (χ3n) is 3.34. The second-order valence-corrected chi connectivity index (χ2v) is 5.72. The first-order valence-electron chi connectivity index (χ1n) is 7.68. The van der Waals surface area contributed by atoms with Gasteiger partial charge in [-0.15, -0.1) is 0 Å². The first-order valence-corrected chi connectivity index (χ1v) is 8.05. The largest absolute Gasteiger partial charge is 0.481 e. The number of hydrogen-bond acceptors (Lipinski definition) is 3. The highest BCUT2D eigenvalue weighted by Crippen LogP contribution is 2.18. The molecule has 2 aromatic rings. The molecule has 0 fully saturated rings. The normalized spacial score (nSPS) is 11.9. The van der Waals surface area contributed by atoms with E-state index in [4.69, 9.17) is 16.3 Å². The minimum atomic E-state index is -2.84. The Hall–Kier alpha value is -2.34. The van der Waals surface area contributed by atoms with E-state index in [9.17, 15) is 13.6 Å². The van der Waals surface area contributed by atoms with Crippen LogP contribution in [-0.2, 0) is 11.2 Å². The zero-order chi connectivity index (χ0) is 18.2. The second kappa shape index (κ2) is 9.22. The van der Waals surface area contributed by atoms with E-state index in [1.54, 1.807) is 43.3 Å². The third-order valence-corrected chi connectivity index (χ3v) is 3.57. The maximum atomic E-state index is 12.1. The van der Waals surface area contributed by atoms with Gasteiger partial charge < -0.3 is 14.8 Å². The van der Waals surface area contributed by atoms with E-state index in [0.29, 0.717) is 23.7 Å². The summed E-state index contributed by atoms with van der Waals surface area (Å²) < 4.78 is 34.0. The third kappa shape index (κ3) is 6.58. The average Bonchev–Trinajstić information content (AvgIpc) is 2.56. The van der Waals surface area contributed by atoms with E-state index in [1.165, 1.54) is 12.1 Å². The molecule has 134 valence electrons. The van der Waals surface area contributed by atoms with Crippen molar-refractivity contribution in [2.45, 2.75) is 26.1 Å². The minimum Gasteiger partial charge on any atom is -0.481 e. The number of halogens is 3. The van der Waals surface area contributed by atoms with E-state index in [1.807, 2.05) is 0 Å². The van der Waals surface area contributed by atoms with E-state index in [2.05, 4.69) is 10.1 Å². The summed E-state index contributed by atoms with van der Waals surface area (Å²) in [6.45, 7) is -0.796. The van der Waals surface area contributed by atoms with Gasteiger partial charge in [0.2, 0.25) is 0 Å². The van der Waals surface area contributed by atoms with Crippen LogP contribution in [0.4, 0.5) is 8.78 Å². The lowest BCUT2D eigenvalue weighted by atomic mass is 10.1. The summed E-state index contributed by atoms with van der Waals surface area (Å²) in [6, 6.07) is 13.1. The van der Waals surface area contributed by atoms with Crippen molar-refractivity contribution >= 4 is 17.5 Å². The topological polar surface area (TPSA) is 47.6 Å². The molecule has 0 heterocycles. The number of nitrogens with one attached hydrogen (secondary N) is 1. The molecule has 2 rings (SSSR count). The van der Waals surface area contributed by atoms with Crippen molar-refractivity contribution in [3.63, 3.8) is 0 Å². The SMILES string of the molecule is CC(Oc1cccc(Cl)c1)C(=O)NCCc1ccc(OC(F)F)cc1. The average molecular weight is 370 g/mol. The van der Waals surface area contributed by atoms with Gasteiger partial charge in [-0.25, -0.2) is 0 Å². The van der Waals surface area contributed by atoms with Crippen molar-refractivity contribution in [2.24, 2.45) is 0 Å². The molecule has 1 atom stereocenters. The van der Waals surface area contributed by atoms with Gasteiger partial charge in [-0.1, -0.05) is 29.8 Å². The molecule has 2 aromatic carbocycles. The molecule has 25 heavy (non-hydrogen) atoms. The molecule has 0 saturated carbocycles. The maximum absolute atomic E-state index is 12.1. The Labute approximate surface area is 149 Å². The fourth-order valence-corrected chi connectivity index (χ4v) is 2.29. The number of ether oxygens (including phenoxy) is 2. The number of benzene rings is 2. The van der Waals surface area contributed by atoms with Gasteiger partial charge in [0, 0.05) is 11.6 Å². The summed E-state index contributed by atoms with van der Waals surface area (Å²) in [5, 5.41) is 3.30. The summed E-state index contributed by atoms with van der Waals surface area (Å²) in [5.74, 6) is 0.369. The molecule has 0 aromatic heterocycles. The molecular weight excluding hydrogens is 352 g/mol. The monoisotopic (exact) mass is 369 g/mol. The summed E-state index contributed by atoms with van der Waals surface area (Å²) in [7, 11) is 0. The Kier molecular flexibility index (Phi) is 7.01. The highest BCUT2D eigenvalue weighted by molar-refractivity contribution is 6.30. The van der Waals surface area contributed by atoms with Gasteiger partial charge in [0.05, 0.1) is 0 Å². The smallest absolute Gasteiger partial charge is 0.387 e. The van der Waals surface area contributed by atoms with Gasteiger partial charge in [-0.3, -0.25) is 4.79 Å². The van der Waals surface area contributed by atoms with Crippen LogP contribution in [0.3, 0.4) is 0 Å². The second-order valence-electron chi connectivity index (χ2n) is 5.28. The van der Waals surface area contributed by atoms with Crippen LogP contribution in [0.15, 0.2) is 48.5 Å². The zero-order valence-corrected chi connectivity index (χ0v) is 14.3. The minimum absolute atomic E-state index is 0.103. The summed E-state index contributed by atoms with van der Waals surface area (Å²) in [6.07, 6.45) is -0.106. The molecule has 0 spiro atoms. The fraction of sp³-hybridized carbons (Fsp3) is 0.278. The number of carbonyl (C=O) groups excluding carboxylic acids is 1. The van der Waals surface area contributed by atoms with E-state index >= 15 is 0 Å². The predicted molar refractivity (Wildman–Crippen MR) is 91.3 cm³/mol. The molecule has 0 aliphatic heterocycles. The summed E-state index contributed by atoms with van der Waals surface area (Å²) in [4.78, 5) is 12.0. The van der Waals surface area contributed by atoms with Gasteiger partial charge in [-0.2, -0.15) is 8.78 Å². The number of carbonyl (C=O) groups is 1. The molecule has 0 saturated heterocycles. The zero-order valence-electron chi connectivity index (χ0n) is 13.5. The Balaban J connectivity index is 1.75. The molecule has 1 amide bonds. The van der Waals surface area contributed by atoms with Crippen LogP contribution >= 0.6 is 11.6 Å². The van der Waals surface area contributed by atoms with Crippen molar-refractivity contribution in [2.75, 3.05) is 6.54 Å². The summed E-state index contributed by atoms with van der Waals surface area (Å²) in [5.41, 5.74) is 0.894. The number of amides is 1. The summed E-state index contributed by atoms with van der Waals surface area (Å²) >= 11 is 5.87. The molecule has 0 radical (unpaired) electrons. The lowest BCUT2D eigenvalue weighted by Gasteiger charge is -2.15. The Bertz CT molecular complexity index is 695. The Morgan fingerprint density at radius 3 is 2.48 bits per heavy atom. The van der Waals surface area contributed by atoms with Crippen LogP contribution in [0.1, 0.15) is 12.5 Å². The van der Waals surface area contributed by atoms with Gasteiger partial charge in [0.25, 0.3) is 5.91 Å². The molecule has 1 unspecified atom stereocenters. The first-order chi connectivity index (χ1) is 11.9. The highest BCUT2D eigenvalue weighted by Gasteiger charge is 2.14. The number of hydrogen-bond donors (Lipinski definition) is 1. The first kappa shape index (κ1) is 19.0. The molecule has 7 heteroatoms. The van der Waals surface area contributed by atoms with Crippen LogP contribution in [0, 0.1) is 0 Å². The molecule has 0 aliphatic rings. The molecule has 0 bridgehead atoms. The Morgan fingerprint density at radius 1 is 1.12 bits per heavy atom.